The summed E-state index contributed by atoms with van der Waals surface area (Å²) in [6, 6.07) is 28.3. The topological polar surface area (TPSA) is 56.1 Å². The predicted octanol–water partition coefficient (Wildman–Crippen LogP) is 5.64. The quantitative estimate of drug-likeness (QED) is 0.342. The van der Waals surface area contributed by atoms with Crippen molar-refractivity contribution in [2.75, 3.05) is 31.2 Å². The maximum Gasteiger partial charge on any atom is 0.232 e. The predicted molar refractivity (Wildman–Crippen MR) is 136 cm³/mol. The number of morpholine rings is 1. The molecule has 0 aliphatic carbocycles. The second kappa shape index (κ2) is 8.89. The highest BCUT2D eigenvalue weighted by Crippen LogP contribution is 2.35. The average Bonchev–Trinajstić information content (AvgIpc) is 3.34. The molecule has 1 fully saturated rings. The highest BCUT2D eigenvalue weighted by Gasteiger charge is 2.24. The fourth-order valence-corrected chi connectivity index (χ4v) is 4.49. The van der Waals surface area contributed by atoms with Gasteiger partial charge in [-0.05, 0) is 36.4 Å². The van der Waals surface area contributed by atoms with E-state index in [1.54, 1.807) is 0 Å². The first-order chi connectivity index (χ1) is 16.8. The van der Waals surface area contributed by atoms with E-state index >= 15 is 0 Å². The van der Waals surface area contributed by atoms with Crippen molar-refractivity contribution in [3.8, 4) is 28.3 Å². The lowest BCUT2D eigenvalue weighted by atomic mass is 10.0. The summed E-state index contributed by atoms with van der Waals surface area (Å²) in [5, 5.41) is 11.1. The van der Waals surface area contributed by atoms with Crippen LogP contribution in [0.2, 0.25) is 5.02 Å². The minimum atomic E-state index is 0.676. The Balaban J connectivity index is 1.60. The van der Waals surface area contributed by atoms with Crippen LogP contribution in [-0.2, 0) is 4.74 Å². The number of hydrogen-bond acceptors (Lipinski definition) is 5. The van der Waals surface area contributed by atoms with Crippen LogP contribution in [0, 0.1) is 0 Å². The zero-order chi connectivity index (χ0) is 22.9. The number of rotatable bonds is 4. The zero-order valence-electron chi connectivity index (χ0n) is 18.4. The van der Waals surface area contributed by atoms with Crippen molar-refractivity contribution >= 4 is 28.5 Å². The average molecular weight is 468 g/mol. The number of ether oxygens (including phenoxy) is 1. The van der Waals surface area contributed by atoms with Gasteiger partial charge in [0, 0.05) is 34.6 Å². The lowest BCUT2D eigenvalue weighted by Gasteiger charge is -2.28. The second-order valence-electron chi connectivity index (χ2n) is 8.17. The van der Waals surface area contributed by atoms with Crippen molar-refractivity contribution in [3.05, 3.63) is 90.0 Å². The van der Waals surface area contributed by atoms with E-state index < -0.39 is 0 Å². The van der Waals surface area contributed by atoms with Gasteiger partial charge in [0.25, 0.3) is 0 Å². The maximum atomic E-state index is 6.13. The van der Waals surface area contributed by atoms with Crippen LogP contribution in [0.1, 0.15) is 0 Å². The van der Waals surface area contributed by atoms with Gasteiger partial charge in [-0.2, -0.15) is 0 Å². The van der Waals surface area contributed by atoms with Crippen molar-refractivity contribution in [1.29, 1.82) is 0 Å². The Kier molecular flexibility index (Phi) is 5.45. The minimum Gasteiger partial charge on any atom is -0.378 e. The molecule has 5 aromatic rings. The fraction of sp³-hybridized carbons (Fsp3) is 0.148. The van der Waals surface area contributed by atoms with Gasteiger partial charge >= 0.3 is 0 Å². The Morgan fingerprint density at radius 1 is 0.794 bits per heavy atom. The van der Waals surface area contributed by atoms with E-state index in [0.717, 1.165) is 58.3 Å². The summed E-state index contributed by atoms with van der Waals surface area (Å²) in [5.41, 5.74) is 4.75. The van der Waals surface area contributed by atoms with Gasteiger partial charge in [-0.25, -0.2) is 4.98 Å². The SMILES string of the molecule is Clc1ccc(-c2cc(-c3nnc(N4CCOCC4)n3-c3ccccc3)c3ccccc3n2)cc1. The minimum absolute atomic E-state index is 0.676. The number of anilines is 1. The number of para-hydroxylation sites is 2. The fourth-order valence-electron chi connectivity index (χ4n) is 4.36. The van der Waals surface area contributed by atoms with Crippen LogP contribution < -0.4 is 4.90 Å². The van der Waals surface area contributed by atoms with Crippen LogP contribution in [0.3, 0.4) is 0 Å². The van der Waals surface area contributed by atoms with Crippen molar-refractivity contribution in [1.82, 2.24) is 19.7 Å². The molecule has 2 aromatic heterocycles. The van der Waals surface area contributed by atoms with E-state index in [4.69, 9.17) is 26.4 Å². The first-order valence-electron chi connectivity index (χ1n) is 11.3. The summed E-state index contributed by atoms with van der Waals surface area (Å²) in [5.74, 6) is 1.60. The molecular formula is C27H22ClN5O. The van der Waals surface area contributed by atoms with E-state index in [9.17, 15) is 0 Å². The molecule has 1 aliphatic rings. The summed E-state index contributed by atoms with van der Waals surface area (Å²) in [4.78, 5) is 7.17. The molecule has 168 valence electrons. The van der Waals surface area contributed by atoms with Crippen LogP contribution in [-0.4, -0.2) is 46.1 Å². The lowest BCUT2D eigenvalue weighted by Crippen LogP contribution is -2.37. The molecule has 34 heavy (non-hydrogen) atoms. The van der Waals surface area contributed by atoms with Gasteiger partial charge in [0.05, 0.1) is 30.1 Å². The van der Waals surface area contributed by atoms with E-state index in [1.165, 1.54) is 0 Å². The second-order valence-corrected chi connectivity index (χ2v) is 8.61. The molecule has 0 spiro atoms. The highest BCUT2D eigenvalue weighted by molar-refractivity contribution is 6.30. The molecule has 6 nitrogen and oxygen atoms in total. The number of fused-ring (bicyclic) bond motifs is 1. The summed E-state index contributed by atoms with van der Waals surface area (Å²) in [7, 11) is 0. The summed E-state index contributed by atoms with van der Waals surface area (Å²) in [6.07, 6.45) is 0. The lowest BCUT2D eigenvalue weighted by molar-refractivity contribution is 0.122. The molecule has 6 rings (SSSR count). The summed E-state index contributed by atoms with van der Waals surface area (Å²) in [6.45, 7) is 2.90. The van der Waals surface area contributed by atoms with Crippen LogP contribution >= 0.6 is 11.6 Å². The molecule has 0 atom stereocenters. The van der Waals surface area contributed by atoms with Crippen LogP contribution in [0.5, 0.6) is 0 Å². The van der Waals surface area contributed by atoms with Gasteiger partial charge in [-0.1, -0.05) is 60.1 Å². The third-order valence-electron chi connectivity index (χ3n) is 6.05. The number of benzene rings is 3. The summed E-state index contributed by atoms with van der Waals surface area (Å²) >= 11 is 6.13. The largest absolute Gasteiger partial charge is 0.378 e. The number of aromatic nitrogens is 4. The molecular weight excluding hydrogens is 446 g/mol. The standard InChI is InChI=1S/C27H22ClN5O/c28-20-12-10-19(11-13-20)25-18-23(22-8-4-5-9-24(22)29-25)26-30-31-27(32-14-16-34-17-15-32)33(26)21-6-2-1-3-7-21/h1-13,18H,14-17H2. The number of halogens is 1. The first kappa shape index (κ1) is 20.8. The molecule has 1 aliphatic heterocycles. The normalized spacial score (nSPS) is 14.0. The van der Waals surface area contributed by atoms with Crippen molar-refractivity contribution < 1.29 is 4.74 Å². The third kappa shape index (κ3) is 3.81. The molecule has 3 heterocycles. The molecule has 1 saturated heterocycles. The van der Waals surface area contributed by atoms with E-state index in [0.29, 0.717) is 18.2 Å². The number of nitrogens with zero attached hydrogens (tertiary/aromatic N) is 5. The maximum absolute atomic E-state index is 6.13. The van der Waals surface area contributed by atoms with Crippen molar-refractivity contribution in [2.24, 2.45) is 0 Å². The molecule has 0 saturated carbocycles. The van der Waals surface area contributed by atoms with Crippen LogP contribution in [0.25, 0.3) is 39.2 Å². The van der Waals surface area contributed by atoms with Gasteiger partial charge in [0.1, 0.15) is 0 Å². The molecule has 0 amide bonds. The van der Waals surface area contributed by atoms with Crippen molar-refractivity contribution in [2.45, 2.75) is 0 Å². The Morgan fingerprint density at radius 2 is 1.53 bits per heavy atom. The number of hydrogen-bond donors (Lipinski definition) is 0. The van der Waals surface area contributed by atoms with Gasteiger partial charge in [0.2, 0.25) is 5.95 Å². The zero-order valence-corrected chi connectivity index (χ0v) is 19.2. The van der Waals surface area contributed by atoms with E-state index in [1.807, 2.05) is 60.7 Å². The smallest absolute Gasteiger partial charge is 0.232 e. The van der Waals surface area contributed by atoms with Crippen molar-refractivity contribution in [3.63, 3.8) is 0 Å². The molecule has 3 aromatic carbocycles. The Bertz CT molecular complexity index is 1440. The van der Waals surface area contributed by atoms with Crippen LogP contribution in [0.4, 0.5) is 5.95 Å². The summed E-state index contributed by atoms with van der Waals surface area (Å²) < 4.78 is 7.71. The van der Waals surface area contributed by atoms with E-state index in [2.05, 4.69) is 38.8 Å². The molecule has 7 heteroatoms. The molecule has 0 bridgehead atoms. The van der Waals surface area contributed by atoms with Gasteiger partial charge < -0.3 is 9.64 Å². The van der Waals surface area contributed by atoms with Gasteiger partial charge in [0.15, 0.2) is 5.82 Å². The molecule has 0 N–H and O–H groups in total. The Morgan fingerprint density at radius 3 is 2.32 bits per heavy atom. The Hall–Kier alpha value is -3.74. The molecule has 0 radical (unpaired) electrons. The first-order valence-corrected chi connectivity index (χ1v) is 11.7. The van der Waals surface area contributed by atoms with E-state index in [-0.39, 0.29) is 0 Å². The van der Waals surface area contributed by atoms with Gasteiger partial charge in [-0.3, -0.25) is 4.57 Å². The monoisotopic (exact) mass is 467 g/mol. The highest BCUT2D eigenvalue weighted by atomic mass is 35.5. The third-order valence-corrected chi connectivity index (χ3v) is 6.30. The Labute approximate surface area is 202 Å². The molecule has 0 unspecified atom stereocenters. The van der Waals surface area contributed by atoms with Gasteiger partial charge in [-0.15, -0.1) is 10.2 Å². The number of pyridine rings is 1. The van der Waals surface area contributed by atoms with Crippen LogP contribution in [0.15, 0.2) is 84.9 Å².